The molecule has 5 heteroatoms. The van der Waals surface area contributed by atoms with Gasteiger partial charge in [-0.25, -0.2) is 0 Å². The van der Waals surface area contributed by atoms with Gasteiger partial charge in [0, 0.05) is 18.5 Å². The summed E-state index contributed by atoms with van der Waals surface area (Å²) in [5, 5.41) is 3.12. The van der Waals surface area contributed by atoms with Crippen LogP contribution in [0.4, 0.5) is 0 Å². The molecule has 1 aliphatic carbocycles. The molecule has 0 saturated heterocycles. The lowest BCUT2D eigenvalue weighted by molar-refractivity contribution is -0.122. The largest absolute Gasteiger partial charge is 0.494 e. The third-order valence-corrected chi connectivity index (χ3v) is 4.19. The first-order chi connectivity index (χ1) is 10.6. The number of carbonyl (C=O) groups is 1. The molecule has 130 valence electrons. The van der Waals surface area contributed by atoms with Crippen LogP contribution in [-0.2, 0) is 4.79 Å². The lowest BCUT2D eigenvalue weighted by Gasteiger charge is -2.26. The number of aryl methyl sites for hydroxylation is 1. The molecule has 4 nitrogen and oxygen atoms in total. The number of nitrogens with one attached hydrogen (secondary N) is 1. The normalized spacial score (nSPS) is 20.4. The minimum Gasteiger partial charge on any atom is -0.494 e. The smallest absolute Gasteiger partial charge is 0.220 e. The molecule has 1 aromatic carbocycles. The van der Waals surface area contributed by atoms with Gasteiger partial charge in [-0.15, -0.1) is 12.4 Å². The highest BCUT2D eigenvalue weighted by Crippen LogP contribution is 2.17. The van der Waals surface area contributed by atoms with Crippen molar-refractivity contribution in [3.8, 4) is 5.75 Å². The van der Waals surface area contributed by atoms with E-state index >= 15 is 0 Å². The molecule has 0 bridgehead atoms. The molecule has 3 N–H and O–H groups in total. The summed E-state index contributed by atoms with van der Waals surface area (Å²) in [7, 11) is 0. The van der Waals surface area contributed by atoms with Crippen LogP contribution >= 0.6 is 12.4 Å². The van der Waals surface area contributed by atoms with Crippen LogP contribution in [0.2, 0.25) is 0 Å². The fraction of sp³-hybridized carbons (Fsp3) is 0.611. The van der Waals surface area contributed by atoms with Gasteiger partial charge in [0.15, 0.2) is 0 Å². The molecule has 0 radical (unpaired) electrons. The number of unbranched alkanes of at least 4 members (excludes halogenated alkanes) is 1. The summed E-state index contributed by atoms with van der Waals surface area (Å²) in [6, 6.07) is 8.69. The fourth-order valence-corrected chi connectivity index (χ4v) is 2.85. The highest BCUT2D eigenvalue weighted by Gasteiger charge is 2.19. The minimum atomic E-state index is 0. The summed E-state index contributed by atoms with van der Waals surface area (Å²) in [4.78, 5) is 11.9. The lowest BCUT2D eigenvalue weighted by Crippen LogP contribution is -2.40. The zero-order valence-electron chi connectivity index (χ0n) is 13.9. The average molecular weight is 341 g/mol. The molecule has 0 unspecified atom stereocenters. The zero-order valence-corrected chi connectivity index (χ0v) is 14.7. The predicted molar refractivity (Wildman–Crippen MR) is 96.1 cm³/mol. The zero-order chi connectivity index (χ0) is 15.8. The second-order valence-electron chi connectivity index (χ2n) is 6.30. The number of amides is 1. The first-order valence-electron chi connectivity index (χ1n) is 8.38. The van der Waals surface area contributed by atoms with Crippen molar-refractivity contribution < 1.29 is 9.53 Å². The molecular weight excluding hydrogens is 312 g/mol. The van der Waals surface area contributed by atoms with Gasteiger partial charge in [0.25, 0.3) is 0 Å². The van der Waals surface area contributed by atoms with E-state index in [4.69, 9.17) is 10.5 Å². The first-order valence-corrected chi connectivity index (χ1v) is 8.38. The van der Waals surface area contributed by atoms with E-state index in [0.717, 1.165) is 44.3 Å². The Bertz CT molecular complexity index is 474. The minimum absolute atomic E-state index is 0. The molecule has 1 aliphatic rings. The van der Waals surface area contributed by atoms with Crippen molar-refractivity contribution in [1.29, 1.82) is 0 Å². The SMILES string of the molecule is Cc1cccc(OCCCCC(=O)NC2CCC(N)CC2)c1.Cl. The van der Waals surface area contributed by atoms with Gasteiger partial charge in [0.05, 0.1) is 6.61 Å². The quantitative estimate of drug-likeness (QED) is 0.748. The maximum Gasteiger partial charge on any atom is 0.220 e. The van der Waals surface area contributed by atoms with Gasteiger partial charge in [-0.05, 0) is 63.1 Å². The summed E-state index contributed by atoms with van der Waals surface area (Å²) >= 11 is 0. The summed E-state index contributed by atoms with van der Waals surface area (Å²) in [5.41, 5.74) is 7.07. The Balaban J connectivity index is 0.00000264. The Labute approximate surface area is 145 Å². The molecule has 2 rings (SSSR count). The molecule has 0 spiro atoms. The molecule has 1 fully saturated rings. The second-order valence-corrected chi connectivity index (χ2v) is 6.30. The second kappa shape index (κ2) is 10.5. The molecule has 0 aromatic heterocycles. The average Bonchev–Trinajstić information content (AvgIpc) is 2.49. The lowest BCUT2D eigenvalue weighted by atomic mass is 9.92. The molecule has 0 aliphatic heterocycles. The number of hydrogen-bond acceptors (Lipinski definition) is 3. The van der Waals surface area contributed by atoms with E-state index in [1.165, 1.54) is 5.56 Å². The molecule has 1 amide bonds. The van der Waals surface area contributed by atoms with Gasteiger partial charge < -0.3 is 15.8 Å². The van der Waals surface area contributed by atoms with Gasteiger partial charge in [-0.1, -0.05) is 12.1 Å². The molecule has 1 aromatic rings. The van der Waals surface area contributed by atoms with Gasteiger partial charge >= 0.3 is 0 Å². The van der Waals surface area contributed by atoms with Crippen LogP contribution in [0.1, 0.15) is 50.5 Å². The number of carbonyl (C=O) groups excluding carboxylic acids is 1. The maximum absolute atomic E-state index is 11.9. The summed E-state index contributed by atoms with van der Waals surface area (Å²) in [6.07, 6.45) is 6.43. The topological polar surface area (TPSA) is 64.3 Å². The van der Waals surface area contributed by atoms with Crippen LogP contribution in [0.3, 0.4) is 0 Å². The molecule has 23 heavy (non-hydrogen) atoms. The van der Waals surface area contributed by atoms with Crippen molar-refractivity contribution >= 4 is 18.3 Å². The molecule has 1 saturated carbocycles. The van der Waals surface area contributed by atoms with Crippen LogP contribution in [0, 0.1) is 6.92 Å². The Morgan fingerprint density at radius 1 is 1.26 bits per heavy atom. The number of rotatable bonds is 7. The Morgan fingerprint density at radius 2 is 2.00 bits per heavy atom. The third-order valence-electron chi connectivity index (χ3n) is 4.19. The summed E-state index contributed by atoms with van der Waals surface area (Å²) < 4.78 is 5.68. The van der Waals surface area contributed by atoms with Gasteiger partial charge in [-0.3, -0.25) is 4.79 Å². The number of benzene rings is 1. The van der Waals surface area contributed by atoms with Crippen molar-refractivity contribution in [2.45, 2.75) is 64.0 Å². The number of hydrogen-bond donors (Lipinski definition) is 2. The molecular formula is C18H29ClN2O2. The summed E-state index contributed by atoms with van der Waals surface area (Å²) in [5.74, 6) is 1.07. The maximum atomic E-state index is 11.9. The third kappa shape index (κ3) is 7.71. The Kier molecular flexibility index (Phi) is 9.03. The van der Waals surface area contributed by atoms with Crippen LogP contribution in [0.5, 0.6) is 5.75 Å². The van der Waals surface area contributed by atoms with E-state index in [2.05, 4.69) is 18.3 Å². The van der Waals surface area contributed by atoms with Crippen molar-refractivity contribution in [2.24, 2.45) is 5.73 Å². The van der Waals surface area contributed by atoms with Gasteiger partial charge in [0.1, 0.15) is 5.75 Å². The Hall–Kier alpha value is -1.26. The van der Waals surface area contributed by atoms with Crippen LogP contribution in [0.25, 0.3) is 0 Å². The number of ether oxygens (including phenoxy) is 1. The van der Waals surface area contributed by atoms with Gasteiger partial charge in [-0.2, -0.15) is 0 Å². The van der Waals surface area contributed by atoms with E-state index in [9.17, 15) is 4.79 Å². The highest BCUT2D eigenvalue weighted by molar-refractivity contribution is 5.85. The first kappa shape index (κ1) is 19.8. The van der Waals surface area contributed by atoms with E-state index < -0.39 is 0 Å². The highest BCUT2D eigenvalue weighted by atomic mass is 35.5. The van der Waals surface area contributed by atoms with Crippen molar-refractivity contribution in [1.82, 2.24) is 5.32 Å². The van der Waals surface area contributed by atoms with E-state index in [1.54, 1.807) is 0 Å². The van der Waals surface area contributed by atoms with Crippen molar-refractivity contribution in [3.63, 3.8) is 0 Å². The van der Waals surface area contributed by atoms with Crippen LogP contribution in [0.15, 0.2) is 24.3 Å². The summed E-state index contributed by atoms with van der Waals surface area (Å²) in [6.45, 7) is 2.71. The van der Waals surface area contributed by atoms with E-state index in [-0.39, 0.29) is 18.3 Å². The molecule has 0 atom stereocenters. The van der Waals surface area contributed by atoms with Crippen molar-refractivity contribution in [2.75, 3.05) is 6.61 Å². The standard InChI is InChI=1S/C18H28N2O2.ClH/c1-14-5-4-6-17(13-14)22-12-3-2-7-18(21)20-16-10-8-15(19)9-11-16;/h4-6,13,15-16H,2-3,7-12,19H2,1H3,(H,20,21);1H. The van der Waals surface area contributed by atoms with E-state index in [1.807, 2.05) is 18.2 Å². The Morgan fingerprint density at radius 3 is 2.70 bits per heavy atom. The van der Waals surface area contributed by atoms with E-state index in [0.29, 0.717) is 25.1 Å². The monoisotopic (exact) mass is 340 g/mol. The molecule has 0 heterocycles. The number of nitrogens with two attached hydrogens (primary N) is 1. The fourth-order valence-electron chi connectivity index (χ4n) is 2.85. The predicted octanol–water partition coefficient (Wildman–Crippen LogP) is 3.35. The van der Waals surface area contributed by atoms with Crippen LogP contribution in [-0.4, -0.2) is 24.6 Å². The van der Waals surface area contributed by atoms with Gasteiger partial charge in [0.2, 0.25) is 5.91 Å². The number of halogens is 1. The van der Waals surface area contributed by atoms with Crippen LogP contribution < -0.4 is 15.8 Å². The van der Waals surface area contributed by atoms with Crippen molar-refractivity contribution in [3.05, 3.63) is 29.8 Å².